The van der Waals surface area contributed by atoms with Crippen molar-refractivity contribution in [2.45, 2.75) is 57.7 Å². The van der Waals surface area contributed by atoms with E-state index in [0.29, 0.717) is 5.56 Å². The number of rotatable bonds is 8. The van der Waals surface area contributed by atoms with Crippen LogP contribution in [0.3, 0.4) is 0 Å². The molecule has 0 aliphatic heterocycles. The number of aliphatic carboxylic acids is 2. The lowest BCUT2D eigenvalue weighted by Gasteiger charge is -2.30. The molecule has 0 spiro atoms. The van der Waals surface area contributed by atoms with Gasteiger partial charge in [-0.2, -0.15) is 0 Å². The highest BCUT2D eigenvalue weighted by Gasteiger charge is 2.48. The van der Waals surface area contributed by atoms with Crippen molar-refractivity contribution in [3.05, 3.63) is 36.0 Å². The van der Waals surface area contributed by atoms with Gasteiger partial charge in [0.2, 0.25) is 5.54 Å². The van der Waals surface area contributed by atoms with E-state index in [1.165, 1.54) is 6.92 Å². The summed E-state index contributed by atoms with van der Waals surface area (Å²) in [4.78, 5) is 51.9. The van der Waals surface area contributed by atoms with Crippen LogP contribution in [0.15, 0.2) is 30.5 Å². The number of H-pyrrole nitrogens is 1. The maximum Gasteiger partial charge on any atom is 0.408 e. The molecule has 31 heavy (non-hydrogen) atoms. The molecule has 168 valence electrons. The fourth-order valence-electron chi connectivity index (χ4n) is 3.09. The number of benzene rings is 1. The molecular formula is C21H27N3O7. The topological polar surface area (TPSA) is 158 Å². The van der Waals surface area contributed by atoms with Gasteiger partial charge in [-0.05, 0) is 38.8 Å². The summed E-state index contributed by atoms with van der Waals surface area (Å²) in [6, 6.07) is 5.83. The Labute approximate surface area is 179 Å². The molecule has 0 aliphatic carbocycles. The van der Waals surface area contributed by atoms with Crippen molar-refractivity contribution in [1.82, 2.24) is 15.6 Å². The molecule has 1 unspecified atom stereocenters. The van der Waals surface area contributed by atoms with Crippen molar-refractivity contribution in [1.29, 1.82) is 0 Å². The van der Waals surface area contributed by atoms with Crippen LogP contribution in [0.5, 0.6) is 0 Å². The van der Waals surface area contributed by atoms with Gasteiger partial charge in [0.1, 0.15) is 11.6 Å². The van der Waals surface area contributed by atoms with Gasteiger partial charge in [-0.25, -0.2) is 14.4 Å². The number of carbonyl (C=O) groups is 4. The fourth-order valence-corrected chi connectivity index (χ4v) is 3.09. The van der Waals surface area contributed by atoms with Gasteiger partial charge < -0.3 is 25.3 Å². The second-order valence-corrected chi connectivity index (χ2v) is 8.12. The van der Waals surface area contributed by atoms with Crippen LogP contribution in [0, 0.1) is 0 Å². The molecule has 10 nitrogen and oxygen atoms in total. The Bertz CT molecular complexity index is 992. The SMILES string of the molecule is CC[C@](NC(=O)OC(C)(C)C)(C(=O)O)C(=O)NC(Cc1c[nH]c2ccccc12)C(=O)O. The van der Waals surface area contributed by atoms with Crippen LogP contribution in [0.2, 0.25) is 0 Å². The molecule has 10 heteroatoms. The standard InChI is InChI=1S/C21H27N3O7/c1-5-21(18(28)29,24-19(30)31-20(2,3)4)17(27)23-15(16(25)26)10-12-11-22-14-9-7-6-8-13(12)14/h6-9,11,15,22H,5,10H2,1-4H3,(H,23,27)(H,24,30)(H,25,26)(H,28,29)/t15?,21-/m1/s1. The summed E-state index contributed by atoms with van der Waals surface area (Å²) in [6.45, 7) is 6.15. The highest BCUT2D eigenvalue weighted by Crippen LogP contribution is 2.20. The molecule has 2 aromatic rings. The van der Waals surface area contributed by atoms with Crippen molar-refractivity contribution in [3.63, 3.8) is 0 Å². The number of aromatic amines is 1. The molecule has 5 N–H and O–H groups in total. The van der Waals surface area contributed by atoms with E-state index in [2.05, 4.69) is 15.6 Å². The van der Waals surface area contributed by atoms with Crippen molar-refractivity contribution < 1.29 is 34.1 Å². The monoisotopic (exact) mass is 433 g/mol. The normalized spacial score (nSPS) is 14.3. The van der Waals surface area contributed by atoms with Crippen LogP contribution in [-0.4, -0.2) is 56.3 Å². The first-order valence-electron chi connectivity index (χ1n) is 9.73. The molecule has 0 fully saturated rings. The number of alkyl carbamates (subject to hydrolysis) is 1. The molecule has 1 aromatic carbocycles. The maximum absolute atomic E-state index is 12.9. The number of carboxylic acids is 2. The zero-order valence-electron chi connectivity index (χ0n) is 17.8. The van der Waals surface area contributed by atoms with Crippen LogP contribution in [0.1, 0.15) is 39.7 Å². The summed E-state index contributed by atoms with van der Waals surface area (Å²) in [7, 11) is 0. The van der Waals surface area contributed by atoms with Gasteiger partial charge in [-0.1, -0.05) is 25.1 Å². The molecule has 2 rings (SSSR count). The lowest BCUT2D eigenvalue weighted by molar-refractivity contribution is -0.153. The molecular weight excluding hydrogens is 406 g/mol. The summed E-state index contributed by atoms with van der Waals surface area (Å²) in [5.74, 6) is -4.12. The first kappa shape index (κ1) is 23.7. The molecule has 0 saturated carbocycles. The average molecular weight is 433 g/mol. The van der Waals surface area contributed by atoms with Gasteiger partial charge in [-0.15, -0.1) is 0 Å². The highest BCUT2D eigenvalue weighted by atomic mass is 16.6. The van der Waals surface area contributed by atoms with Crippen LogP contribution in [0.25, 0.3) is 10.9 Å². The minimum Gasteiger partial charge on any atom is -0.480 e. The molecule has 0 saturated heterocycles. The lowest BCUT2D eigenvalue weighted by atomic mass is 9.94. The number of nitrogens with one attached hydrogen (secondary N) is 3. The first-order chi connectivity index (χ1) is 14.4. The summed E-state index contributed by atoms with van der Waals surface area (Å²) in [6.07, 6.45) is 0.120. The summed E-state index contributed by atoms with van der Waals surface area (Å²) in [5.41, 5.74) is -1.87. The average Bonchev–Trinajstić information content (AvgIpc) is 3.06. The molecule has 0 radical (unpaired) electrons. The number of carboxylic acid groups (broad SMARTS) is 2. The number of carbonyl (C=O) groups excluding carboxylic acids is 2. The zero-order chi connectivity index (χ0) is 23.4. The van der Waals surface area contributed by atoms with Gasteiger partial charge in [0.15, 0.2) is 0 Å². The second-order valence-electron chi connectivity index (χ2n) is 8.12. The molecule has 0 aliphatic rings. The minimum absolute atomic E-state index is 0.0864. The van der Waals surface area contributed by atoms with Crippen LogP contribution in [-0.2, 0) is 25.5 Å². The van der Waals surface area contributed by atoms with Gasteiger partial charge in [0.05, 0.1) is 0 Å². The number of hydrogen-bond acceptors (Lipinski definition) is 5. The van der Waals surface area contributed by atoms with Gasteiger partial charge in [0.25, 0.3) is 5.91 Å². The number of aromatic nitrogens is 1. The van der Waals surface area contributed by atoms with Crippen molar-refractivity contribution >= 4 is 34.8 Å². The highest BCUT2D eigenvalue weighted by molar-refractivity contribution is 6.09. The Morgan fingerprint density at radius 3 is 2.32 bits per heavy atom. The molecule has 0 bridgehead atoms. The molecule has 1 aromatic heterocycles. The quantitative estimate of drug-likeness (QED) is 0.399. The number of para-hydroxylation sites is 1. The Hall–Kier alpha value is -3.56. The predicted octanol–water partition coefficient (Wildman–Crippen LogP) is 2.04. The largest absolute Gasteiger partial charge is 0.480 e. The summed E-state index contributed by atoms with van der Waals surface area (Å²) in [5, 5.41) is 24.5. The molecule has 2 amide bonds. The zero-order valence-corrected chi connectivity index (χ0v) is 17.8. The van der Waals surface area contributed by atoms with Gasteiger partial charge in [0, 0.05) is 23.5 Å². The fraction of sp³-hybridized carbons (Fsp3) is 0.429. The summed E-state index contributed by atoms with van der Waals surface area (Å²) >= 11 is 0. The number of hydrogen-bond donors (Lipinski definition) is 5. The van der Waals surface area contributed by atoms with E-state index < -0.39 is 41.1 Å². The molecule has 2 atom stereocenters. The van der Waals surface area contributed by atoms with E-state index >= 15 is 0 Å². The third kappa shape index (κ3) is 5.53. The van der Waals surface area contributed by atoms with Gasteiger partial charge in [-0.3, -0.25) is 10.1 Å². The van der Waals surface area contributed by atoms with E-state index in [-0.39, 0.29) is 12.8 Å². The van der Waals surface area contributed by atoms with Crippen LogP contribution < -0.4 is 10.6 Å². The summed E-state index contributed by atoms with van der Waals surface area (Å²) < 4.78 is 5.07. The predicted molar refractivity (Wildman–Crippen MR) is 112 cm³/mol. The van der Waals surface area contributed by atoms with E-state index in [1.807, 2.05) is 12.1 Å². The van der Waals surface area contributed by atoms with Crippen molar-refractivity contribution in [2.24, 2.45) is 0 Å². The lowest BCUT2D eigenvalue weighted by Crippen LogP contribution is -2.65. The number of fused-ring (bicyclic) bond motifs is 1. The van der Waals surface area contributed by atoms with Crippen molar-refractivity contribution in [2.75, 3.05) is 0 Å². The maximum atomic E-state index is 12.9. The number of amides is 2. The van der Waals surface area contributed by atoms with Gasteiger partial charge >= 0.3 is 18.0 Å². The number of ether oxygens (including phenoxy) is 1. The van der Waals surface area contributed by atoms with E-state index in [4.69, 9.17) is 4.74 Å². The van der Waals surface area contributed by atoms with Crippen LogP contribution >= 0.6 is 0 Å². The second kappa shape index (κ2) is 9.07. The molecule has 1 heterocycles. The van der Waals surface area contributed by atoms with E-state index in [1.54, 1.807) is 39.1 Å². The Balaban J connectivity index is 2.27. The third-order valence-electron chi connectivity index (χ3n) is 4.70. The van der Waals surface area contributed by atoms with E-state index in [0.717, 1.165) is 10.9 Å². The first-order valence-corrected chi connectivity index (χ1v) is 9.73. The Kier molecular flexibility index (Phi) is 6.94. The van der Waals surface area contributed by atoms with Crippen molar-refractivity contribution in [3.8, 4) is 0 Å². The minimum atomic E-state index is -2.39. The van der Waals surface area contributed by atoms with E-state index in [9.17, 15) is 29.4 Å². The Morgan fingerprint density at radius 2 is 1.77 bits per heavy atom. The third-order valence-corrected chi connectivity index (χ3v) is 4.70. The van der Waals surface area contributed by atoms with Crippen LogP contribution in [0.4, 0.5) is 4.79 Å². The Morgan fingerprint density at radius 1 is 1.13 bits per heavy atom. The smallest absolute Gasteiger partial charge is 0.408 e.